The number of hydrogen-bond donors (Lipinski definition) is 2. The Bertz CT molecular complexity index is 745. The van der Waals surface area contributed by atoms with Gasteiger partial charge in [0.05, 0.1) is 17.7 Å². The first-order valence-corrected chi connectivity index (χ1v) is 9.00. The van der Waals surface area contributed by atoms with Crippen LogP contribution in [0.4, 0.5) is 11.4 Å². The van der Waals surface area contributed by atoms with E-state index in [1.165, 1.54) is 6.92 Å². The Kier molecular flexibility index (Phi) is 7.16. The number of rotatable bonds is 8. The van der Waals surface area contributed by atoms with Crippen molar-refractivity contribution in [3.05, 3.63) is 47.0 Å². The van der Waals surface area contributed by atoms with Crippen molar-refractivity contribution in [2.24, 2.45) is 0 Å². The molecule has 0 fully saturated rings. The summed E-state index contributed by atoms with van der Waals surface area (Å²) in [7, 11) is 0. The second-order valence-electron chi connectivity index (χ2n) is 6.12. The summed E-state index contributed by atoms with van der Waals surface area (Å²) in [6, 6.07) is 11.3. The summed E-state index contributed by atoms with van der Waals surface area (Å²) >= 11 is 6.39. The largest absolute Gasteiger partial charge is 0.490 e. The van der Waals surface area contributed by atoms with Gasteiger partial charge in [0.15, 0.2) is 11.5 Å². The van der Waals surface area contributed by atoms with Gasteiger partial charge in [0.25, 0.3) is 0 Å². The summed E-state index contributed by atoms with van der Waals surface area (Å²) in [5.41, 5.74) is 2.69. The second kappa shape index (κ2) is 9.34. The van der Waals surface area contributed by atoms with Crippen molar-refractivity contribution in [2.75, 3.05) is 17.2 Å². The third-order valence-electron chi connectivity index (χ3n) is 3.42. The molecular formula is C20H25ClN2O3. The first kappa shape index (κ1) is 19.9. The summed E-state index contributed by atoms with van der Waals surface area (Å²) in [6.07, 6.45) is 0.0119. The van der Waals surface area contributed by atoms with Crippen LogP contribution in [0.2, 0.25) is 5.02 Å². The molecule has 0 aliphatic carbocycles. The van der Waals surface area contributed by atoms with E-state index in [2.05, 4.69) is 10.6 Å². The van der Waals surface area contributed by atoms with E-state index in [0.29, 0.717) is 29.7 Å². The predicted octanol–water partition coefficient (Wildman–Crippen LogP) is 5.10. The third kappa shape index (κ3) is 5.85. The fourth-order valence-electron chi connectivity index (χ4n) is 2.42. The van der Waals surface area contributed by atoms with Gasteiger partial charge in [0.1, 0.15) is 0 Å². The highest BCUT2D eigenvalue weighted by Gasteiger charge is 2.14. The molecule has 140 valence electrons. The summed E-state index contributed by atoms with van der Waals surface area (Å²) in [5.74, 6) is 1.13. The average Bonchev–Trinajstić information content (AvgIpc) is 2.57. The fourth-order valence-corrected chi connectivity index (χ4v) is 2.69. The number of carbonyl (C=O) groups is 1. The lowest BCUT2D eigenvalue weighted by atomic mass is 10.2. The quantitative estimate of drug-likeness (QED) is 0.673. The fraction of sp³-hybridized carbons (Fsp3) is 0.350. The molecule has 5 nitrogen and oxygen atoms in total. The van der Waals surface area contributed by atoms with E-state index in [4.69, 9.17) is 21.1 Å². The van der Waals surface area contributed by atoms with Crippen molar-refractivity contribution in [1.82, 2.24) is 0 Å². The van der Waals surface area contributed by atoms with E-state index in [1.807, 2.05) is 57.2 Å². The minimum Gasteiger partial charge on any atom is -0.490 e. The molecule has 0 spiro atoms. The SMILES string of the molecule is CCOc1cc(CNc2ccc(NC(C)=O)cc2)cc(Cl)c1OC(C)C. The number of halogens is 1. The average molecular weight is 377 g/mol. The normalized spacial score (nSPS) is 10.5. The van der Waals surface area contributed by atoms with Crippen LogP contribution >= 0.6 is 11.6 Å². The van der Waals surface area contributed by atoms with Crippen molar-refractivity contribution in [3.8, 4) is 11.5 Å². The molecule has 0 unspecified atom stereocenters. The molecule has 1 amide bonds. The van der Waals surface area contributed by atoms with Gasteiger partial charge in [-0.15, -0.1) is 0 Å². The van der Waals surface area contributed by atoms with Crippen molar-refractivity contribution >= 4 is 28.9 Å². The van der Waals surface area contributed by atoms with Gasteiger partial charge >= 0.3 is 0 Å². The lowest BCUT2D eigenvalue weighted by molar-refractivity contribution is -0.114. The number of benzene rings is 2. The Morgan fingerprint density at radius 3 is 2.38 bits per heavy atom. The highest BCUT2D eigenvalue weighted by molar-refractivity contribution is 6.32. The highest BCUT2D eigenvalue weighted by atomic mass is 35.5. The number of nitrogens with one attached hydrogen (secondary N) is 2. The minimum absolute atomic E-state index is 0.0119. The lowest BCUT2D eigenvalue weighted by Gasteiger charge is -2.17. The molecule has 0 atom stereocenters. The van der Waals surface area contributed by atoms with E-state index >= 15 is 0 Å². The molecule has 0 saturated carbocycles. The molecule has 0 aliphatic rings. The van der Waals surface area contributed by atoms with Crippen molar-refractivity contribution in [1.29, 1.82) is 0 Å². The third-order valence-corrected chi connectivity index (χ3v) is 3.71. The molecule has 26 heavy (non-hydrogen) atoms. The Morgan fingerprint density at radius 1 is 1.15 bits per heavy atom. The van der Waals surface area contributed by atoms with E-state index in [0.717, 1.165) is 16.9 Å². The molecule has 0 radical (unpaired) electrons. The number of anilines is 2. The first-order chi connectivity index (χ1) is 12.4. The molecule has 2 aromatic carbocycles. The standard InChI is InChI=1S/C20H25ClN2O3/c1-5-25-19-11-15(10-18(21)20(19)26-13(2)3)12-22-16-6-8-17(9-7-16)23-14(4)24/h6-11,13,22H,5,12H2,1-4H3,(H,23,24). The minimum atomic E-state index is -0.0903. The smallest absolute Gasteiger partial charge is 0.221 e. The Balaban J connectivity index is 2.10. The molecule has 0 bridgehead atoms. The van der Waals surface area contributed by atoms with E-state index in [1.54, 1.807) is 0 Å². The van der Waals surface area contributed by atoms with E-state index in [9.17, 15) is 4.79 Å². The van der Waals surface area contributed by atoms with Crippen molar-refractivity contribution in [3.63, 3.8) is 0 Å². The van der Waals surface area contributed by atoms with Crippen molar-refractivity contribution in [2.45, 2.75) is 40.3 Å². The maximum atomic E-state index is 11.1. The van der Waals surface area contributed by atoms with Gasteiger partial charge in [0, 0.05) is 24.8 Å². The molecule has 6 heteroatoms. The van der Waals surface area contributed by atoms with Crippen LogP contribution in [-0.2, 0) is 11.3 Å². The highest BCUT2D eigenvalue weighted by Crippen LogP contribution is 2.37. The summed E-state index contributed by atoms with van der Waals surface area (Å²) < 4.78 is 11.5. The van der Waals surface area contributed by atoms with Crippen LogP contribution < -0.4 is 20.1 Å². The second-order valence-corrected chi connectivity index (χ2v) is 6.52. The predicted molar refractivity (Wildman–Crippen MR) is 106 cm³/mol. The van der Waals surface area contributed by atoms with Crippen LogP contribution in [-0.4, -0.2) is 18.6 Å². The summed E-state index contributed by atoms with van der Waals surface area (Å²) in [6.45, 7) is 8.43. The van der Waals surface area contributed by atoms with Gasteiger partial charge in [-0.3, -0.25) is 4.79 Å². The van der Waals surface area contributed by atoms with E-state index in [-0.39, 0.29) is 12.0 Å². The summed E-state index contributed by atoms with van der Waals surface area (Å²) in [4.78, 5) is 11.1. The number of hydrogen-bond acceptors (Lipinski definition) is 4. The summed E-state index contributed by atoms with van der Waals surface area (Å²) in [5, 5.41) is 6.60. The van der Waals surface area contributed by atoms with Gasteiger partial charge in [-0.05, 0) is 62.7 Å². The van der Waals surface area contributed by atoms with Gasteiger partial charge in [-0.25, -0.2) is 0 Å². The molecule has 0 heterocycles. The monoisotopic (exact) mass is 376 g/mol. The van der Waals surface area contributed by atoms with Gasteiger partial charge in [0.2, 0.25) is 5.91 Å². The Morgan fingerprint density at radius 2 is 1.81 bits per heavy atom. The lowest BCUT2D eigenvalue weighted by Crippen LogP contribution is -2.09. The molecule has 0 saturated heterocycles. The Hall–Kier alpha value is -2.40. The zero-order valence-electron chi connectivity index (χ0n) is 15.6. The molecule has 2 N–H and O–H groups in total. The van der Waals surface area contributed by atoms with Gasteiger partial charge in [-0.1, -0.05) is 11.6 Å². The van der Waals surface area contributed by atoms with Crippen molar-refractivity contribution < 1.29 is 14.3 Å². The zero-order valence-corrected chi connectivity index (χ0v) is 16.3. The number of carbonyl (C=O) groups excluding carboxylic acids is 1. The first-order valence-electron chi connectivity index (χ1n) is 8.62. The van der Waals surface area contributed by atoms with E-state index < -0.39 is 0 Å². The van der Waals surface area contributed by atoms with Gasteiger partial charge < -0.3 is 20.1 Å². The van der Waals surface area contributed by atoms with Crippen LogP contribution in [0.1, 0.15) is 33.3 Å². The van der Waals surface area contributed by atoms with Crippen LogP contribution in [0.15, 0.2) is 36.4 Å². The van der Waals surface area contributed by atoms with Gasteiger partial charge in [-0.2, -0.15) is 0 Å². The van der Waals surface area contributed by atoms with Crippen LogP contribution in [0.3, 0.4) is 0 Å². The number of ether oxygens (including phenoxy) is 2. The Labute approximate surface area is 159 Å². The maximum absolute atomic E-state index is 11.1. The molecule has 0 aromatic heterocycles. The molecule has 2 rings (SSSR count). The maximum Gasteiger partial charge on any atom is 0.221 e. The van der Waals surface area contributed by atoms with Crippen LogP contribution in [0.5, 0.6) is 11.5 Å². The number of amides is 1. The topological polar surface area (TPSA) is 59.6 Å². The molecule has 2 aromatic rings. The zero-order chi connectivity index (χ0) is 19.1. The molecule has 0 aliphatic heterocycles. The van der Waals surface area contributed by atoms with Crippen LogP contribution in [0, 0.1) is 0 Å². The molecular weight excluding hydrogens is 352 g/mol. The van der Waals surface area contributed by atoms with Crippen LogP contribution in [0.25, 0.3) is 0 Å².